The van der Waals surface area contributed by atoms with E-state index < -0.39 is 27.7 Å². The number of esters is 1. The lowest BCUT2D eigenvalue weighted by atomic mass is 10.3. The minimum atomic E-state index is -3.77. The Morgan fingerprint density at radius 2 is 1.89 bits per heavy atom. The summed E-state index contributed by atoms with van der Waals surface area (Å²) < 4.78 is 29.2. The van der Waals surface area contributed by atoms with Crippen LogP contribution in [0, 0.1) is 0 Å². The largest absolute Gasteiger partial charge is 0.481 e. The molecule has 0 heterocycles. The van der Waals surface area contributed by atoms with Crippen LogP contribution in [0.4, 0.5) is 0 Å². The summed E-state index contributed by atoms with van der Waals surface area (Å²) in [5, 5.41) is 8.51. The van der Waals surface area contributed by atoms with Crippen molar-refractivity contribution < 1.29 is 27.9 Å². The molecule has 0 aliphatic heterocycles. The van der Waals surface area contributed by atoms with Crippen LogP contribution in [0.25, 0.3) is 0 Å². The SMILES string of the molecule is COC(=O)CS(=O)(=O)N(CCCC(=O)O)C(C)C. The van der Waals surface area contributed by atoms with E-state index in [-0.39, 0.29) is 25.4 Å². The fourth-order valence-electron chi connectivity index (χ4n) is 1.40. The molecule has 7 nitrogen and oxygen atoms in total. The Hall–Kier alpha value is -1.15. The van der Waals surface area contributed by atoms with Gasteiger partial charge in [-0.25, -0.2) is 8.42 Å². The van der Waals surface area contributed by atoms with E-state index in [2.05, 4.69) is 4.74 Å². The number of rotatable bonds is 8. The molecule has 0 unspecified atom stereocenters. The fourth-order valence-corrected chi connectivity index (χ4v) is 3.03. The van der Waals surface area contributed by atoms with Crippen molar-refractivity contribution in [3.63, 3.8) is 0 Å². The summed E-state index contributed by atoms with van der Waals surface area (Å²) in [6, 6.07) is -0.339. The molecule has 1 N–H and O–H groups in total. The van der Waals surface area contributed by atoms with Crippen LogP contribution >= 0.6 is 0 Å². The van der Waals surface area contributed by atoms with E-state index in [0.717, 1.165) is 11.4 Å². The van der Waals surface area contributed by atoms with E-state index in [1.165, 1.54) is 0 Å². The van der Waals surface area contributed by atoms with Gasteiger partial charge in [0, 0.05) is 19.0 Å². The van der Waals surface area contributed by atoms with Gasteiger partial charge in [0.1, 0.15) is 0 Å². The molecule has 106 valence electrons. The lowest BCUT2D eigenvalue weighted by molar-refractivity contribution is -0.138. The Morgan fingerprint density at radius 3 is 2.28 bits per heavy atom. The van der Waals surface area contributed by atoms with Gasteiger partial charge >= 0.3 is 11.9 Å². The molecule has 0 saturated heterocycles. The molecule has 0 spiro atoms. The van der Waals surface area contributed by atoms with Gasteiger partial charge in [-0.05, 0) is 20.3 Å². The van der Waals surface area contributed by atoms with E-state index >= 15 is 0 Å². The standard InChI is InChI=1S/C10H19NO6S/c1-8(2)11(6-4-5-9(12)13)18(15,16)7-10(14)17-3/h8H,4-7H2,1-3H3,(H,12,13). The Bertz CT molecular complexity index is 389. The smallest absolute Gasteiger partial charge is 0.322 e. The Labute approximate surface area is 107 Å². The molecule has 18 heavy (non-hydrogen) atoms. The van der Waals surface area contributed by atoms with Crippen LogP contribution in [-0.2, 0) is 24.3 Å². The van der Waals surface area contributed by atoms with E-state index in [1.807, 2.05) is 0 Å². The summed E-state index contributed by atoms with van der Waals surface area (Å²) >= 11 is 0. The van der Waals surface area contributed by atoms with Gasteiger partial charge < -0.3 is 9.84 Å². The van der Waals surface area contributed by atoms with Gasteiger partial charge in [-0.2, -0.15) is 4.31 Å². The number of hydrogen-bond acceptors (Lipinski definition) is 5. The highest BCUT2D eigenvalue weighted by Crippen LogP contribution is 2.10. The van der Waals surface area contributed by atoms with E-state index in [1.54, 1.807) is 13.8 Å². The molecule has 0 saturated carbocycles. The maximum Gasteiger partial charge on any atom is 0.322 e. The second-order valence-corrected chi connectivity index (χ2v) is 5.96. The first-order valence-corrected chi connectivity index (χ1v) is 7.09. The minimum absolute atomic E-state index is 0.0727. The minimum Gasteiger partial charge on any atom is -0.481 e. The summed E-state index contributed by atoms with van der Waals surface area (Å²) in [5.74, 6) is -2.54. The maximum atomic E-state index is 11.9. The summed E-state index contributed by atoms with van der Waals surface area (Å²) in [5.41, 5.74) is 0. The number of carboxylic acids is 1. The predicted octanol–water partition coefficient (Wildman–Crippen LogP) is 0.0644. The van der Waals surface area contributed by atoms with Gasteiger partial charge in [-0.15, -0.1) is 0 Å². The third-order valence-electron chi connectivity index (χ3n) is 2.23. The summed E-state index contributed by atoms with van der Waals surface area (Å²) in [6.07, 6.45) is 0.0882. The Kier molecular flexibility index (Phi) is 6.85. The zero-order chi connectivity index (χ0) is 14.3. The van der Waals surface area contributed by atoms with Gasteiger partial charge in [0.25, 0.3) is 0 Å². The molecule has 0 amide bonds. The fraction of sp³-hybridized carbons (Fsp3) is 0.800. The maximum absolute atomic E-state index is 11.9. The Morgan fingerprint density at radius 1 is 1.33 bits per heavy atom. The summed E-state index contributed by atoms with van der Waals surface area (Å²) in [7, 11) is -2.65. The number of sulfonamides is 1. The van der Waals surface area contributed by atoms with Gasteiger partial charge in [-0.1, -0.05) is 0 Å². The zero-order valence-corrected chi connectivity index (χ0v) is 11.6. The topological polar surface area (TPSA) is 101 Å². The van der Waals surface area contributed by atoms with Crippen molar-refractivity contribution in [2.24, 2.45) is 0 Å². The van der Waals surface area contributed by atoms with Crippen molar-refractivity contribution in [1.82, 2.24) is 4.31 Å². The van der Waals surface area contributed by atoms with Crippen LogP contribution in [0.15, 0.2) is 0 Å². The first-order valence-electron chi connectivity index (χ1n) is 5.49. The quantitative estimate of drug-likeness (QED) is 0.631. The average molecular weight is 281 g/mol. The van der Waals surface area contributed by atoms with Crippen molar-refractivity contribution in [1.29, 1.82) is 0 Å². The predicted molar refractivity (Wildman–Crippen MR) is 64.5 cm³/mol. The number of carboxylic acid groups (broad SMARTS) is 1. The van der Waals surface area contributed by atoms with Gasteiger partial charge in [0.05, 0.1) is 7.11 Å². The number of nitrogens with zero attached hydrogens (tertiary/aromatic N) is 1. The van der Waals surface area contributed by atoms with Crippen LogP contribution in [0.3, 0.4) is 0 Å². The third-order valence-corrected chi connectivity index (χ3v) is 4.15. The molecule has 0 aliphatic carbocycles. The molecule has 8 heteroatoms. The highest BCUT2D eigenvalue weighted by Gasteiger charge is 2.27. The van der Waals surface area contributed by atoms with Crippen molar-refractivity contribution >= 4 is 22.0 Å². The first-order chi connectivity index (χ1) is 8.20. The molecular formula is C10H19NO6S. The summed E-state index contributed by atoms with van der Waals surface area (Å²) in [4.78, 5) is 21.4. The molecule has 0 fully saturated rings. The van der Waals surface area contributed by atoms with Gasteiger partial charge in [-0.3, -0.25) is 9.59 Å². The average Bonchev–Trinajstić information content (AvgIpc) is 2.22. The zero-order valence-electron chi connectivity index (χ0n) is 10.7. The van der Waals surface area contributed by atoms with Gasteiger partial charge in [0.2, 0.25) is 10.0 Å². The first kappa shape index (κ1) is 16.9. The normalized spacial score (nSPS) is 11.8. The lowest BCUT2D eigenvalue weighted by Gasteiger charge is -2.25. The number of aliphatic carboxylic acids is 1. The monoisotopic (exact) mass is 281 g/mol. The highest BCUT2D eigenvalue weighted by molar-refractivity contribution is 7.89. The highest BCUT2D eigenvalue weighted by atomic mass is 32.2. The second-order valence-electron chi connectivity index (χ2n) is 4.03. The van der Waals surface area contributed by atoms with Crippen LogP contribution in [-0.4, -0.2) is 55.2 Å². The molecule has 0 rings (SSSR count). The van der Waals surface area contributed by atoms with Crippen molar-refractivity contribution in [3.8, 4) is 0 Å². The molecule has 0 aliphatic rings. The number of methoxy groups -OCH3 is 1. The van der Waals surface area contributed by atoms with Gasteiger partial charge in [0.15, 0.2) is 5.75 Å². The van der Waals surface area contributed by atoms with Crippen LogP contribution in [0.2, 0.25) is 0 Å². The molecule has 0 aromatic heterocycles. The summed E-state index contributed by atoms with van der Waals surface area (Å²) in [6.45, 7) is 3.40. The molecular weight excluding hydrogens is 262 g/mol. The number of carbonyl (C=O) groups excluding carboxylic acids is 1. The molecule has 0 bridgehead atoms. The van der Waals surface area contributed by atoms with Crippen molar-refractivity contribution in [2.75, 3.05) is 19.4 Å². The van der Waals surface area contributed by atoms with E-state index in [4.69, 9.17) is 5.11 Å². The second kappa shape index (κ2) is 7.32. The molecule has 0 radical (unpaired) electrons. The van der Waals surface area contributed by atoms with E-state index in [0.29, 0.717) is 0 Å². The lowest BCUT2D eigenvalue weighted by Crippen LogP contribution is -2.41. The van der Waals surface area contributed by atoms with Crippen LogP contribution in [0.1, 0.15) is 26.7 Å². The van der Waals surface area contributed by atoms with Crippen molar-refractivity contribution in [2.45, 2.75) is 32.7 Å². The van der Waals surface area contributed by atoms with E-state index in [9.17, 15) is 18.0 Å². The number of hydrogen-bond donors (Lipinski definition) is 1. The number of carbonyl (C=O) groups is 2. The van der Waals surface area contributed by atoms with Crippen LogP contribution < -0.4 is 0 Å². The molecule has 0 aromatic rings. The molecule has 0 aromatic carbocycles. The number of ether oxygens (including phenoxy) is 1. The Balaban J connectivity index is 4.67. The third kappa shape index (κ3) is 5.97. The molecule has 0 atom stereocenters. The van der Waals surface area contributed by atoms with Crippen molar-refractivity contribution in [3.05, 3.63) is 0 Å². The van der Waals surface area contributed by atoms with Crippen LogP contribution in [0.5, 0.6) is 0 Å².